The highest BCUT2D eigenvalue weighted by Gasteiger charge is 2.51. The number of halogens is 2. The first kappa shape index (κ1) is 25.5. The molecule has 200 valence electrons. The Morgan fingerprint density at radius 1 is 1.15 bits per heavy atom. The normalized spacial score (nSPS) is 23.0. The van der Waals surface area contributed by atoms with Crippen LogP contribution in [0.1, 0.15) is 55.0 Å². The van der Waals surface area contributed by atoms with E-state index in [1.807, 2.05) is 44.2 Å². The van der Waals surface area contributed by atoms with Crippen LogP contribution in [0.4, 0.5) is 15.9 Å². The number of likely N-dealkylation sites (tertiary alicyclic amines) is 1. The highest BCUT2D eigenvalue weighted by Crippen LogP contribution is 2.47. The van der Waals surface area contributed by atoms with E-state index in [1.54, 1.807) is 17.2 Å². The third-order valence-corrected chi connectivity index (χ3v) is 8.66. The summed E-state index contributed by atoms with van der Waals surface area (Å²) in [6.07, 6.45) is 4.02. The summed E-state index contributed by atoms with van der Waals surface area (Å²) in [4.78, 5) is 45.5. The maximum atomic E-state index is 13.8. The molecule has 0 bridgehead atoms. The maximum Gasteiger partial charge on any atom is 0.244 e. The third kappa shape index (κ3) is 4.27. The zero-order valence-electron chi connectivity index (χ0n) is 21.7. The summed E-state index contributed by atoms with van der Waals surface area (Å²) in [5.74, 6) is -0.448. The van der Waals surface area contributed by atoms with Gasteiger partial charge in [-0.25, -0.2) is 9.37 Å². The van der Waals surface area contributed by atoms with E-state index in [2.05, 4.69) is 15.6 Å². The van der Waals surface area contributed by atoms with Crippen molar-refractivity contribution in [1.82, 2.24) is 9.88 Å². The van der Waals surface area contributed by atoms with Crippen LogP contribution in [-0.2, 0) is 32.6 Å². The molecule has 1 aliphatic carbocycles. The standard InChI is InChI=1S/C30H28ClFN4O3/c1-29(2)10-9-24(17-6-8-23(32)22(31)13-17)36(28(29)39)16-25(37)34-20-7-5-18-14-30(15-19(18)12-20)21-4-3-11-33-26(21)35-27(30)38/h3-8,11-13,24H,9-10,14-16H2,1-2H3,(H,34,37)(H,33,35,38)/t24-,30?/m1/s1. The van der Waals surface area contributed by atoms with Gasteiger partial charge in [0.1, 0.15) is 18.2 Å². The molecule has 3 amide bonds. The average Bonchev–Trinajstić information content (AvgIpc) is 3.41. The molecule has 7 nitrogen and oxygen atoms in total. The minimum Gasteiger partial charge on any atom is -0.326 e. The second kappa shape index (κ2) is 9.16. The first-order valence-corrected chi connectivity index (χ1v) is 13.4. The van der Waals surface area contributed by atoms with Crippen LogP contribution in [0.5, 0.6) is 0 Å². The molecule has 2 aromatic carbocycles. The Hall–Kier alpha value is -3.78. The molecule has 9 heteroatoms. The summed E-state index contributed by atoms with van der Waals surface area (Å²) >= 11 is 6.03. The number of piperidine rings is 1. The minimum atomic E-state index is -0.690. The van der Waals surface area contributed by atoms with Crippen LogP contribution in [0, 0.1) is 11.2 Å². The van der Waals surface area contributed by atoms with Crippen LogP contribution in [0.2, 0.25) is 5.02 Å². The summed E-state index contributed by atoms with van der Waals surface area (Å²) < 4.78 is 13.8. The van der Waals surface area contributed by atoms with E-state index in [0.717, 1.165) is 16.7 Å². The lowest BCUT2D eigenvalue weighted by atomic mass is 9.78. The van der Waals surface area contributed by atoms with Crippen LogP contribution in [0.3, 0.4) is 0 Å². The van der Waals surface area contributed by atoms with Crippen molar-refractivity contribution in [2.45, 2.75) is 51.0 Å². The number of hydrogen-bond acceptors (Lipinski definition) is 4. The van der Waals surface area contributed by atoms with E-state index in [9.17, 15) is 18.8 Å². The van der Waals surface area contributed by atoms with Gasteiger partial charge in [0, 0.05) is 22.9 Å². The van der Waals surface area contributed by atoms with E-state index < -0.39 is 16.6 Å². The molecular formula is C30H28ClFN4O3. The van der Waals surface area contributed by atoms with E-state index in [0.29, 0.717) is 42.8 Å². The molecule has 39 heavy (non-hydrogen) atoms. The SMILES string of the molecule is CC1(C)CC[C@H](c2ccc(F)c(Cl)c2)N(CC(=O)Nc2ccc3c(c2)CC2(C3)C(=O)Nc3ncccc32)C1=O. The van der Waals surface area contributed by atoms with Gasteiger partial charge in [-0.05, 0) is 72.7 Å². The number of nitrogens with zero attached hydrogens (tertiary/aromatic N) is 2. The molecule has 2 atom stereocenters. The fraction of sp³-hybridized carbons (Fsp3) is 0.333. The molecule has 3 aromatic rings. The zero-order valence-corrected chi connectivity index (χ0v) is 22.4. The lowest BCUT2D eigenvalue weighted by Crippen LogP contribution is -2.50. The number of rotatable bonds is 4. The van der Waals surface area contributed by atoms with E-state index >= 15 is 0 Å². The quantitative estimate of drug-likeness (QED) is 0.471. The summed E-state index contributed by atoms with van der Waals surface area (Å²) in [5.41, 5.74) is 2.94. The largest absolute Gasteiger partial charge is 0.326 e. The molecule has 1 aromatic heterocycles. The zero-order chi connectivity index (χ0) is 27.5. The number of carbonyl (C=O) groups is 3. The fourth-order valence-corrected chi connectivity index (χ4v) is 6.43. The number of pyridine rings is 1. The number of aromatic nitrogens is 1. The van der Waals surface area contributed by atoms with Crippen molar-refractivity contribution in [3.63, 3.8) is 0 Å². The number of hydrogen-bond donors (Lipinski definition) is 2. The van der Waals surface area contributed by atoms with Gasteiger partial charge in [-0.2, -0.15) is 0 Å². The van der Waals surface area contributed by atoms with Crippen molar-refractivity contribution in [3.8, 4) is 0 Å². The number of fused-ring (bicyclic) bond motifs is 3. The van der Waals surface area contributed by atoms with Gasteiger partial charge in [0.05, 0.1) is 16.5 Å². The van der Waals surface area contributed by atoms with Crippen molar-refractivity contribution in [2.75, 3.05) is 17.2 Å². The highest BCUT2D eigenvalue weighted by atomic mass is 35.5. The summed E-state index contributed by atoms with van der Waals surface area (Å²) in [5, 5.41) is 5.83. The second-order valence-corrected chi connectivity index (χ2v) is 11.8. The molecule has 1 spiro atoms. The van der Waals surface area contributed by atoms with E-state index in [-0.39, 0.29) is 35.3 Å². The first-order chi connectivity index (χ1) is 18.6. The lowest BCUT2D eigenvalue weighted by Gasteiger charge is -2.43. The van der Waals surface area contributed by atoms with Crippen molar-refractivity contribution in [2.24, 2.45) is 5.41 Å². The van der Waals surface area contributed by atoms with Gasteiger partial charge in [-0.15, -0.1) is 0 Å². The molecule has 1 fully saturated rings. The smallest absolute Gasteiger partial charge is 0.244 e. The van der Waals surface area contributed by atoms with Crippen molar-refractivity contribution in [1.29, 1.82) is 0 Å². The monoisotopic (exact) mass is 546 g/mol. The number of anilines is 2. The lowest BCUT2D eigenvalue weighted by molar-refractivity contribution is -0.150. The molecule has 0 saturated carbocycles. The van der Waals surface area contributed by atoms with Gasteiger partial charge < -0.3 is 15.5 Å². The van der Waals surface area contributed by atoms with Gasteiger partial charge in [0.15, 0.2) is 0 Å². The molecular weight excluding hydrogens is 519 g/mol. The van der Waals surface area contributed by atoms with Crippen molar-refractivity contribution >= 4 is 40.8 Å². The minimum absolute atomic E-state index is 0.0144. The molecule has 3 aliphatic rings. The Morgan fingerprint density at radius 2 is 1.95 bits per heavy atom. The molecule has 6 rings (SSSR count). The van der Waals surface area contributed by atoms with E-state index in [1.165, 1.54) is 12.1 Å². The van der Waals surface area contributed by atoms with Gasteiger partial charge in [0.2, 0.25) is 17.7 Å². The van der Waals surface area contributed by atoms with Gasteiger partial charge in [-0.3, -0.25) is 14.4 Å². The predicted molar refractivity (Wildman–Crippen MR) is 146 cm³/mol. The second-order valence-electron chi connectivity index (χ2n) is 11.4. The number of amides is 3. The van der Waals surface area contributed by atoms with Gasteiger partial charge in [0.25, 0.3) is 0 Å². The molecule has 3 heterocycles. The Balaban J connectivity index is 1.21. The Bertz CT molecular complexity index is 1540. The van der Waals surface area contributed by atoms with Gasteiger partial charge in [-0.1, -0.05) is 43.6 Å². The molecule has 1 saturated heterocycles. The first-order valence-electron chi connectivity index (χ1n) is 13.0. The highest BCUT2D eigenvalue weighted by molar-refractivity contribution is 6.30. The van der Waals surface area contributed by atoms with Crippen molar-refractivity contribution in [3.05, 3.63) is 87.8 Å². The summed E-state index contributed by atoms with van der Waals surface area (Å²) in [6.45, 7) is 3.60. The molecule has 0 radical (unpaired) electrons. The van der Waals surface area contributed by atoms with E-state index in [4.69, 9.17) is 11.6 Å². The fourth-order valence-electron chi connectivity index (χ4n) is 6.24. The predicted octanol–water partition coefficient (Wildman–Crippen LogP) is 5.19. The molecule has 2 aliphatic heterocycles. The number of benzene rings is 2. The Morgan fingerprint density at radius 3 is 2.74 bits per heavy atom. The van der Waals surface area contributed by atoms with Gasteiger partial charge >= 0.3 is 0 Å². The van der Waals surface area contributed by atoms with Crippen LogP contribution in [-0.4, -0.2) is 34.2 Å². The average molecular weight is 547 g/mol. The van der Waals surface area contributed by atoms with Crippen LogP contribution >= 0.6 is 11.6 Å². The molecule has 1 unspecified atom stereocenters. The summed E-state index contributed by atoms with van der Waals surface area (Å²) in [7, 11) is 0. The topological polar surface area (TPSA) is 91.4 Å². The number of nitrogens with one attached hydrogen (secondary N) is 2. The van der Waals surface area contributed by atoms with Crippen LogP contribution in [0.15, 0.2) is 54.7 Å². The molecule has 2 N–H and O–H groups in total. The van der Waals surface area contributed by atoms with Crippen molar-refractivity contribution < 1.29 is 18.8 Å². The van der Waals surface area contributed by atoms with Crippen LogP contribution < -0.4 is 10.6 Å². The maximum absolute atomic E-state index is 13.8. The Labute approximate surface area is 230 Å². The van der Waals surface area contributed by atoms with Crippen LogP contribution in [0.25, 0.3) is 0 Å². The number of carbonyl (C=O) groups excluding carboxylic acids is 3. The third-order valence-electron chi connectivity index (χ3n) is 8.37. The summed E-state index contributed by atoms with van der Waals surface area (Å²) in [6, 6.07) is 13.5. The Kier molecular flexibility index (Phi) is 5.99.